The van der Waals surface area contributed by atoms with Crippen LogP contribution in [0.4, 0.5) is 0 Å². The molecule has 2 heterocycles. The van der Waals surface area contributed by atoms with E-state index in [2.05, 4.69) is 138 Å². The fraction of sp³-hybridized carbons (Fsp3) is 0.0222. The third kappa shape index (κ3) is 4.24. The zero-order valence-electron chi connectivity index (χ0n) is 26.4. The van der Waals surface area contributed by atoms with E-state index in [1.54, 1.807) is 0 Å². The molecule has 49 heavy (non-hydrogen) atoms. The van der Waals surface area contributed by atoms with Gasteiger partial charge in [-0.1, -0.05) is 127 Å². The van der Waals surface area contributed by atoms with Crippen molar-refractivity contribution in [3.05, 3.63) is 192 Å². The Bertz CT molecular complexity index is 2500. The fourth-order valence-corrected chi connectivity index (χ4v) is 7.63. The van der Waals surface area contributed by atoms with Gasteiger partial charge in [0, 0.05) is 5.56 Å². The standard InChI is InChI=1S/C45H28N2O2/c1-3-11-32(12-4-1)45(33-13-5-2-6-14-33)36-16-8-7-15-34(36)35-26-43-44(27-37(35)45)48-41-24-23-31(25-42(41)49-43)29-19-21-30(22-20-29)40-28-46-38-17-9-10-18-39(38)47-40/h1-28H. The van der Waals surface area contributed by atoms with Crippen LogP contribution >= 0.6 is 0 Å². The molecule has 8 aromatic rings. The van der Waals surface area contributed by atoms with Crippen molar-refractivity contribution in [2.75, 3.05) is 0 Å². The first-order valence-corrected chi connectivity index (χ1v) is 16.5. The van der Waals surface area contributed by atoms with Crippen LogP contribution in [-0.4, -0.2) is 9.97 Å². The van der Waals surface area contributed by atoms with E-state index in [9.17, 15) is 0 Å². The molecule has 10 rings (SSSR count). The van der Waals surface area contributed by atoms with Crippen LogP contribution < -0.4 is 9.47 Å². The molecule has 7 aromatic carbocycles. The van der Waals surface area contributed by atoms with Gasteiger partial charge in [0.15, 0.2) is 23.0 Å². The quantitative estimate of drug-likeness (QED) is 0.195. The fourth-order valence-electron chi connectivity index (χ4n) is 7.63. The minimum absolute atomic E-state index is 0.498. The van der Waals surface area contributed by atoms with E-state index in [1.165, 1.54) is 27.8 Å². The van der Waals surface area contributed by atoms with Crippen molar-refractivity contribution in [3.8, 4) is 56.5 Å². The van der Waals surface area contributed by atoms with Crippen molar-refractivity contribution < 1.29 is 9.47 Å². The number of hydrogen-bond acceptors (Lipinski definition) is 4. The van der Waals surface area contributed by atoms with Crippen molar-refractivity contribution in [1.82, 2.24) is 9.97 Å². The molecule has 1 aromatic heterocycles. The maximum absolute atomic E-state index is 6.65. The lowest BCUT2D eigenvalue weighted by molar-refractivity contribution is 0.359. The SMILES string of the molecule is c1ccc(C2(c3ccccc3)c3ccccc3-c3cc4c(cc32)Oc2ccc(-c3ccc(-c5cnc6ccccc6n5)cc3)cc2O4)cc1. The lowest BCUT2D eigenvalue weighted by Gasteiger charge is -2.34. The minimum atomic E-state index is -0.498. The van der Waals surface area contributed by atoms with E-state index in [0.29, 0.717) is 23.0 Å². The molecule has 0 saturated heterocycles. The topological polar surface area (TPSA) is 44.2 Å². The molecule has 0 N–H and O–H groups in total. The van der Waals surface area contributed by atoms with Gasteiger partial charge >= 0.3 is 0 Å². The van der Waals surface area contributed by atoms with E-state index in [-0.39, 0.29) is 0 Å². The predicted octanol–water partition coefficient (Wildman–Crippen LogP) is 11.2. The van der Waals surface area contributed by atoms with Gasteiger partial charge in [0.05, 0.1) is 28.3 Å². The number of aromatic nitrogens is 2. The third-order valence-electron chi connectivity index (χ3n) is 9.87. The molecular formula is C45H28N2O2. The second-order valence-corrected chi connectivity index (χ2v) is 12.6. The van der Waals surface area contributed by atoms with Gasteiger partial charge in [0.2, 0.25) is 0 Å². The summed E-state index contributed by atoms with van der Waals surface area (Å²) in [6, 6.07) is 57.1. The van der Waals surface area contributed by atoms with Gasteiger partial charge in [0.25, 0.3) is 0 Å². The minimum Gasteiger partial charge on any atom is -0.450 e. The monoisotopic (exact) mass is 628 g/mol. The number of nitrogens with zero attached hydrogens (tertiary/aromatic N) is 2. The summed E-state index contributed by atoms with van der Waals surface area (Å²) in [4.78, 5) is 9.39. The Morgan fingerprint density at radius 1 is 0.408 bits per heavy atom. The smallest absolute Gasteiger partial charge is 0.170 e. The lowest BCUT2D eigenvalue weighted by Crippen LogP contribution is -2.28. The molecule has 0 atom stereocenters. The molecule has 4 heteroatoms. The first-order chi connectivity index (χ1) is 24.3. The highest BCUT2D eigenvalue weighted by atomic mass is 16.6. The second kappa shape index (κ2) is 10.8. The third-order valence-corrected chi connectivity index (χ3v) is 9.87. The van der Waals surface area contributed by atoms with Gasteiger partial charge < -0.3 is 9.47 Å². The molecule has 0 bridgehead atoms. The second-order valence-electron chi connectivity index (χ2n) is 12.6. The van der Waals surface area contributed by atoms with Crippen LogP contribution in [0.2, 0.25) is 0 Å². The van der Waals surface area contributed by atoms with Crippen LogP contribution in [0.15, 0.2) is 170 Å². The molecule has 0 saturated carbocycles. The van der Waals surface area contributed by atoms with Crippen LogP contribution in [0.1, 0.15) is 22.3 Å². The lowest BCUT2D eigenvalue weighted by atomic mass is 9.67. The van der Waals surface area contributed by atoms with Crippen LogP contribution in [0.25, 0.3) is 44.5 Å². The number of benzene rings is 7. The van der Waals surface area contributed by atoms with Crippen LogP contribution in [0.3, 0.4) is 0 Å². The summed E-state index contributed by atoms with van der Waals surface area (Å²) >= 11 is 0. The van der Waals surface area contributed by atoms with E-state index in [0.717, 1.165) is 39.0 Å². The van der Waals surface area contributed by atoms with Gasteiger partial charge in [-0.25, -0.2) is 4.98 Å². The highest BCUT2D eigenvalue weighted by molar-refractivity contribution is 5.88. The number of ether oxygens (including phenoxy) is 2. The van der Waals surface area contributed by atoms with E-state index in [1.807, 2.05) is 36.5 Å². The Labute approximate surface area is 283 Å². The summed E-state index contributed by atoms with van der Waals surface area (Å²) in [7, 11) is 0. The number of fused-ring (bicyclic) bond motifs is 6. The molecule has 0 fully saturated rings. The molecule has 0 radical (unpaired) electrons. The van der Waals surface area contributed by atoms with Gasteiger partial charge in [-0.3, -0.25) is 4.98 Å². The maximum atomic E-state index is 6.65. The highest BCUT2D eigenvalue weighted by Gasteiger charge is 2.47. The molecule has 4 nitrogen and oxygen atoms in total. The Morgan fingerprint density at radius 2 is 1.00 bits per heavy atom. The molecule has 0 amide bonds. The average Bonchev–Trinajstić information content (AvgIpc) is 3.46. The molecule has 1 aliphatic heterocycles. The van der Waals surface area contributed by atoms with Crippen LogP contribution in [-0.2, 0) is 5.41 Å². The zero-order valence-corrected chi connectivity index (χ0v) is 26.4. The average molecular weight is 629 g/mol. The summed E-state index contributed by atoms with van der Waals surface area (Å²) in [5.41, 5.74) is 12.5. The summed E-state index contributed by atoms with van der Waals surface area (Å²) in [6.07, 6.45) is 1.83. The molecule has 230 valence electrons. The van der Waals surface area contributed by atoms with Crippen LogP contribution in [0, 0.1) is 0 Å². The van der Waals surface area contributed by atoms with Crippen molar-refractivity contribution >= 4 is 11.0 Å². The summed E-state index contributed by atoms with van der Waals surface area (Å²) in [5, 5.41) is 0. The summed E-state index contributed by atoms with van der Waals surface area (Å²) in [5.74, 6) is 2.81. The zero-order chi connectivity index (χ0) is 32.4. The van der Waals surface area contributed by atoms with Gasteiger partial charge in [0.1, 0.15) is 0 Å². The number of hydrogen-bond donors (Lipinski definition) is 0. The van der Waals surface area contributed by atoms with E-state index < -0.39 is 5.41 Å². The van der Waals surface area contributed by atoms with E-state index >= 15 is 0 Å². The van der Waals surface area contributed by atoms with Gasteiger partial charge in [-0.05, 0) is 80.9 Å². The van der Waals surface area contributed by atoms with Crippen molar-refractivity contribution in [1.29, 1.82) is 0 Å². The summed E-state index contributed by atoms with van der Waals surface area (Å²) < 4.78 is 13.3. The van der Waals surface area contributed by atoms with Gasteiger partial charge in [-0.2, -0.15) is 0 Å². The summed E-state index contributed by atoms with van der Waals surface area (Å²) in [6.45, 7) is 0. The Kier molecular flexibility index (Phi) is 6.06. The normalized spacial score (nSPS) is 13.4. The molecule has 0 spiro atoms. The predicted molar refractivity (Wildman–Crippen MR) is 194 cm³/mol. The highest BCUT2D eigenvalue weighted by Crippen LogP contribution is 2.59. The van der Waals surface area contributed by atoms with Crippen LogP contribution in [0.5, 0.6) is 23.0 Å². The Balaban J connectivity index is 1.04. The van der Waals surface area contributed by atoms with Crippen molar-refractivity contribution in [2.24, 2.45) is 0 Å². The molecule has 2 aliphatic rings. The number of para-hydroxylation sites is 2. The van der Waals surface area contributed by atoms with Gasteiger partial charge in [-0.15, -0.1) is 0 Å². The van der Waals surface area contributed by atoms with Crippen molar-refractivity contribution in [2.45, 2.75) is 5.41 Å². The molecule has 0 unspecified atom stereocenters. The van der Waals surface area contributed by atoms with E-state index in [4.69, 9.17) is 14.5 Å². The number of rotatable bonds is 4. The first kappa shape index (κ1) is 27.6. The Hall–Kier alpha value is -6.52. The molecule has 1 aliphatic carbocycles. The molecular weight excluding hydrogens is 601 g/mol. The maximum Gasteiger partial charge on any atom is 0.170 e. The van der Waals surface area contributed by atoms with Crippen molar-refractivity contribution in [3.63, 3.8) is 0 Å². The first-order valence-electron chi connectivity index (χ1n) is 16.5. The largest absolute Gasteiger partial charge is 0.450 e. The Morgan fingerprint density at radius 3 is 1.78 bits per heavy atom.